The first kappa shape index (κ1) is 9.04. The minimum Gasteiger partial charge on any atom is -0.496 e. The largest absolute Gasteiger partial charge is 0.496 e. The van der Waals surface area contributed by atoms with Gasteiger partial charge in [0.2, 0.25) is 0 Å². The standard InChI is InChI=1S/C7H12O3/c1-2-4-9-6-7-10-5-3-8/h2,6-8H,1,3-5H2. The van der Waals surface area contributed by atoms with Gasteiger partial charge in [-0.3, -0.25) is 0 Å². The molecule has 0 saturated carbocycles. The van der Waals surface area contributed by atoms with Crippen LogP contribution in [0.1, 0.15) is 0 Å². The lowest BCUT2D eigenvalue weighted by atomic mass is 10.7. The maximum atomic E-state index is 8.25. The highest BCUT2D eigenvalue weighted by Gasteiger charge is 1.75. The molecule has 0 aliphatic heterocycles. The van der Waals surface area contributed by atoms with Crippen LogP contribution in [0.2, 0.25) is 0 Å². The molecule has 0 aromatic carbocycles. The van der Waals surface area contributed by atoms with Crippen LogP contribution in [0.5, 0.6) is 0 Å². The third-order valence-electron chi connectivity index (χ3n) is 0.671. The number of hydrogen-bond donors (Lipinski definition) is 1. The highest BCUT2D eigenvalue weighted by atomic mass is 16.5. The quantitative estimate of drug-likeness (QED) is 0.338. The second-order valence-electron chi connectivity index (χ2n) is 1.49. The minimum atomic E-state index is 0.0196. The monoisotopic (exact) mass is 144 g/mol. The Hall–Kier alpha value is -0.960. The molecule has 0 unspecified atom stereocenters. The van der Waals surface area contributed by atoms with E-state index in [0.29, 0.717) is 13.2 Å². The van der Waals surface area contributed by atoms with E-state index in [1.54, 1.807) is 6.08 Å². The van der Waals surface area contributed by atoms with Crippen molar-refractivity contribution in [3.63, 3.8) is 0 Å². The normalized spacial score (nSPS) is 9.70. The summed E-state index contributed by atoms with van der Waals surface area (Å²) in [6, 6.07) is 0. The molecule has 0 aromatic rings. The molecule has 0 rings (SSSR count). The molecule has 0 aliphatic carbocycles. The van der Waals surface area contributed by atoms with E-state index in [0.717, 1.165) is 0 Å². The van der Waals surface area contributed by atoms with Gasteiger partial charge in [-0.05, 0) is 0 Å². The van der Waals surface area contributed by atoms with Gasteiger partial charge in [-0.25, -0.2) is 0 Å². The molecule has 0 amide bonds. The van der Waals surface area contributed by atoms with Crippen molar-refractivity contribution >= 4 is 0 Å². The van der Waals surface area contributed by atoms with Crippen molar-refractivity contribution in [1.82, 2.24) is 0 Å². The lowest BCUT2D eigenvalue weighted by Gasteiger charge is -1.95. The lowest BCUT2D eigenvalue weighted by molar-refractivity contribution is 0.157. The third kappa shape index (κ3) is 7.04. The number of aliphatic hydroxyl groups is 1. The van der Waals surface area contributed by atoms with Crippen molar-refractivity contribution in [2.24, 2.45) is 0 Å². The van der Waals surface area contributed by atoms with Crippen molar-refractivity contribution in [3.8, 4) is 0 Å². The van der Waals surface area contributed by atoms with Gasteiger partial charge in [0.05, 0.1) is 6.61 Å². The summed E-state index contributed by atoms with van der Waals surface area (Å²) in [4.78, 5) is 0. The molecule has 3 nitrogen and oxygen atoms in total. The molecular weight excluding hydrogens is 132 g/mol. The first-order valence-electron chi connectivity index (χ1n) is 3.01. The van der Waals surface area contributed by atoms with Gasteiger partial charge in [-0.15, -0.1) is 0 Å². The Balaban J connectivity index is 2.96. The third-order valence-corrected chi connectivity index (χ3v) is 0.671. The van der Waals surface area contributed by atoms with E-state index >= 15 is 0 Å². The second-order valence-corrected chi connectivity index (χ2v) is 1.49. The van der Waals surface area contributed by atoms with Gasteiger partial charge < -0.3 is 14.6 Å². The van der Waals surface area contributed by atoms with Crippen LogP contribution in [-0.2, 0) is 9.47 Å². The molecule has 0 radical (unpaired) electrons. The first-order chi connectivity index (χ1) is 4.91. The molecular formula is C7H12O3. The Kier molecular flexibility index (Phi) is 7.27. The van der Waals surface area contributed by atoms with Crippen molar-refractivity contribution in [2.45, 2.75) is 0 Å². The van der Waals surface area contributed by atoms with Crippen LogP contribution in [0.25, 0.3) is 0 Å². The van der Waals surface area contributed by atoms with E-state index in [4.69, 9.17) is 14.6 Å². The van der Waals surface area contributed by atoms with E-state index in [2.05, 4.69) is 6.58 Å². The predicted octanol–water partition coefficient (Wildman–Crippen LogP) is 0.669. The fourth-order valence-electron chi connectivity index (χ4n) is 0.323. The molecule has 0 fully saturated rings. The summed E-state index contributed by atoms with van der Waals surface area (Å²) < 4.78 is 9.56. The average molecular weight is 144 g/mol. The zero-order chi connectivity index (χ0) is 7.66. The summed E-state index contributed by atoms with van der Waals surface area (Å²) in [6.07, 6.45) is 4.44. The second kappa shape index (κ2) is 8.04. The molecule has 1 N–H and O–H groups in total. The Morgan fingerprint density at radius 2 is 2.00 bits per heavy atom. The average Bonchev–Trinajstić information content (AvgIpc) is 1.97. The molecule has 0 atom stereocenters. The van der Waals surface area contributed by atoms with Crippen LogP contribution in [0.3, 0.4) is 0 Å². The van der Waals surface area contributed by atoms with Gasteiger partial charge in [0.1, 0.15) is 25.7 Å². The molecule has 3 heteroatoms. The molecule has 0 heterocycles. The van der Waals surface area contributed by atoms with Crippen LogP contribution < -0.4 is 0 Å². The maximum absolute atomic E-state index is 8.25. The van der Waals surface area contributed by atoms with E-state index in [-0.39, 0.29) is 6.61 Å². The van der Waals surface area contributed by atoms with Crippen LogP contribution in [0.15, 0.2) is 25.2 Å². The molecule has 58 valence electrons. The minimum absolute atomic E-state index is 0.0196. The molecule has 0 aromatic heterocycles. The SMILES string of the molecule is C=CCOC=COCCO. The smallest absolute Gasteiger partial charge is 0.118 e. The number of hydrogen-bond acceptors (Lipinski definition) is 3. The van der Waals surface area contributed by atoms with Gasteiger partial charge in [-0.2, -0.15) is 0 Å². The molecule has 0 bridgehead atoms. The van der Waals surface area contributed by atoms with E-state index in [9.17, 15) is 0 Å². The Morgan fingerprint density at radius 1 is 1.30 bits per heavy atom. The molecule has 0 aliphatic rings. The Bertz CT molecular complexity index is 99.0. The molecule has 0 spiro atoms. The summed E-state index contributed by atoms with van der Waals surface area (Å²) in [7, 11) is 0. The summed E-state index contributed by atoms with van der Waals surface area (Å²) in [6.45, 7) is 4.25. The number of ether oxygens (including phenoxy) is 2. The maximum Gasteiger partial charge on any atom is 0.118 e. The Labute approximate surface area is 60.6 Å². The predicted molar refractivity (Wildman–Crippen MR) is 38.3 cm³/mol. The van der Waals surface area contributed by atoms with Crippen molar-refractivity contribution in [3.05, 3.63) is 25.2 Å². The van der Waals surface area contributed by atoms with Crippen LogP contribution >= 0.6 is 0 Å². The van der Waals surface area contributed by atoms with Gasteiger partial charge >= 0.3 is 0 Å². The highest BCUT2D eigenvalue weighted by molar-refractivity contribution is 4.68. The number of aliphatic hydroxyl groups excluding tert-OH is 1. The fraction of sp³-hybridized carbons (Fsp3) is 0.429. The zero-order valence-electron chi connectivity index (χ0n) is 5.82. The van der Waals surface area contributed by atoms with E-state index in [1.165, 1.54) is 12.5 Å². The van der Waals surface area contributed by atoms with E-state index < -0.39 is 0 Å². The van der Waals surface area contributed by atoms with E-state index in [1.807, 2.05) is 0 Å². The van der Waals surface area contributed by atoms with Crippen molar-refractivity contribution < 1.29 is 14.6 Å². The van der Waals surface area contributed by atoms with Crippen LogP contribution in [-0.4, -0.2) is 24.9 Å². The lowest BCUT2D eigenvalue weighted by Crippen LogP contribution is -1.92. The Morgan fingerprint density at radius 3 is 2.60 bits per heavy atom. The summed E-state index contributed by atoms with van der Waals surface area (Å²) >= 11 is 0. The number of rotatable bonds is 6. The molecule has 10 heavy (non-hydrogen) atoms. The van der Waals surface area contributed by atoms with Gasteiger partial charge in [0, 0.05) is 0 Å². The highest BCUT2D eigenvalue weighted by Crippen LogP contribution is 1.80. The first-order valence-corrected chi connectivity index (χ1v) is 3.01. The van der Waals surface area contributed by atoms with Crippen molar-refractivity contribution in [1.29, 1.82) is 0 Å². The van der Waals surface area contributed by atoms with Gasteiger partial charge in [0.15, 0.2) is 0 Å². The molecule has 0 saturated heterocycles. The van der Waals surface area contributed by atoms with Gasteiger partial charge in [-0.1, -0.05) is 12.7 Å². The van der Waals surface area contributed by atoms with Crippen LogP contribution in [0, 0.1) is 0 Å². The van der Waals surface area contributed by atoms with Gasteiger partial charge in [0.25, 0.3) is 0 Å². The van der Waals surface area contributed by atoms with Crippen molar-refractivity contribution in [2.75, 3.05) is 19.8 Å². The fourth-order valence-corrected chi connectivity index (χ4v) is 0.323. The summed E-state index contributed by atoms with van der Waals surface area (Å²) in [5, 5.41) is 8.25. The van der Waals surface area contributed by atoms with Crippen LogP contribution in [0.4, 0.5) is 0 Å². The summed E-state index contributed by atoms with van der Waals surface area (Å²) in [5.41, 5.74) is 0. The zero-order valence-corrected chi connectivity index (χ0v) is 5.82. The summed E-state index contributed by atoms with van der Waals surface area (Å²) in [5.74, 6) is 0. The topological polar surface area (TPSA) is 38.7 Å².